The fraction of sp³-hybridized carbons (Fsp3) is 0.500. The third kappa shape index (κ3) is 2.59. The molecule has 4 fully saturated rings. The van der Waals surface area contributed by atoms with Gasteiger partial charge in [-0.1, -0.05) is 12.1 Å². The van der Waals surface area contributed by atoms with Crippen LogP contribution in [0.2, 0.25) is 0 Å². The van der Waals surface area contributed by atoms with E-state index in [1.165, 1.54) is 18.4 Å². The Hall–Kier alpha value is -2.27. The molecule has 0 saturated carbocycles. The van der Waals surface area contributed by atoms with Gasteiger partial charge in [-0.2, -0.15) is 0 Å². The summed E-state index contributed by atoms with van der Waals surface area (Å²) in [5.74, 6) is 2.67. The minimum Gasteiger partial charge on any atom is -0.497 e. The van der Waals surface area contributed by atoms with Crippen molar-refractivity contribution in [1.82, 2.24) is 9.80 Å². The molecule has 0 N–H and O–H groups in total. The molecule has 3 atom stereocenters. The Morgan fingerprint density at radius 3 is 2.48 bits per heavy atom. The number of likely N-dealkylation sites (tertiary alicyclic amines) is 1. The molecular formula is C22H26N2O3. The second kappa shape index (κ2) is 6.41. The zero-order chi connectivity index (χ0) is 18.5. The van der Waals surface area contributed by atoms with Gasteiger partial charge in [0.1, 0.15) is 11.5 Å². The van der Waals surface area contributed by atoms with Gasteiger partial charge in [0.15, 0.2) is 0 Å². The minimum atomic E-state index is 0.126. The standard InChI is InChI=1S/C22H26N2O3/c1-14-18(9-12-27-14)22(25)24-13-19(15-3-5-17(26-2)6-4-15)21-20(24)16-7-10-23(21)11-8-16/h3-6,9,12,16,19-21H,7-8,10-11,13H2,1-2H3/t19-,20+,21+/m1/s1. The second-order valence-corrected chi connectivity index (χ2v) is 8.08. The van der Waals surface area contributed by atoms with Gasteiger partial charge in [0.2, 0.25) is 0 Å². The Morgan fingerprint density at radius 2 is 1.85 bits per heavy atom. The maximum absolute atomic E-state index is 13.4. The summed E-state index contributed by atoms with van der Waals surface area (Å²) in [6.45, 7) is 4.97. The molecule has 1 aromatic heterocycles. The Labute approximate surface area is 159 Å². The Balaban J connectivity index is 1.51. The lowest BCUT2D eigenvalue weighted by molar-refractivity contribution is -0.00345. The van der Waals surface area contributed by atoms with Crippen molar-refractivity contribution in [3.05, 3.63) is 53.5 Å². The van der Waals surface area contributed by atoms with Gasteiger partial charge in [0, 0.05) is 18.5 Å². The highest BCUT2D eigenvalue weighted by Gasteiger charge is 2.54. The molecule has 0 spiro atoms. The summed E-state index contributed by atoms with van der Waals surface area (Å²) >= 11 is 0. The van der Waals surface area contributed by atoms with Crippen molar-refractivity contribution in [3.8, 4) is 5.75 Å². The van der Waals surface area contributed by atoms with E-state index in [1.807, 2.05) is 25.1 Å². The summed E-state index contributed by atoms with van der Waals surface area (Å²) in [7, 11) is 1.69. The summed E-state index contributed by atoms with van der Waals surface area (Å²) in [4.78, 5) is 18.1. The number of hydrogen-bond donors (Lipinski definition) is 0. The normalized spacial score (nSPS) is 31.8. The van der Waals surface area contributed by atoms with Crippen LogP contribution in [0.1, 0.15) is 40.4 Å². The third-order valence-electron chi connectivity index (χ3n) is 6.89. The number of nitrogens with zero attached hydrogens (tertiary/aromatic N) is 2. The predicted molar refractivity (Wildman–Crippen MR) is 102 cm³/mol. The minimum absolute atomic E-state index is 0.126. The Bertz CT molecular complexity index is 835. The summed E-state index contributed by atoms with van der Waals surface area (Å²) in [5, 5.41) is 0. The number of carbonyl (C=O) groups is 1. The van der Waals surface area contributed by atoms with Crippen LogP contribution in [0.5, 0.6) is 5.75 Å². The van der Waals surface area contributed by atoms with E-state index in [2.05, 4.69) is 21.9 Å². The molecule has 27 heavy (non-hydrogen) atoms. The van der Waals surface area contributed by atoms with Crippen molar-refractivity contribution < 1.29 is 13.9 Å². The highest BCUT2D eigenvalue weighted by atomic mass is 16.5. The van der Waals surface area contributed by atoms with Crippen molar-refractivity contribution >= 4 is 5.91 Å². The molecule has 0 unspecified atom stereocenters. The number of carbonyl (C=O) groups excluding carboxylic acids is 1. The number of benzene rings is 1. The largest absolute Gasteiger partial charge is 0.497 e. The first-order valence-electron chi connectivity index (χ1n) is 9.90. The van der Waals surface area contributed by atoms with E-state index in [1.54, 1.807) is 13.4 Å². The number of furan rings is 1. The molecule has 4 aliphatic heterocycles. The topological polar surface area (TPSA) is 45.9 Å². The molecule has 6 rings (SSSR count). The average Bonchev–Trinajstić information content (AvgIpc) is 3.34. The monoisotopic (exact) mass is 366 g/mol. The maximum atomic E-state index is 13.4. The van der Waals surface area contributed by atoms with Crippen LogP contribution in [-0.2, 0) is 0 Å². The number of aryl methyl sites for hydroxylation is 1. The molecule has 0 aliphatic carbocycles. The third-order valence-corrected chi connectivity index (χ3v) is 6.89. The zero-order valence-corrected chi connectivity index (χ0v) is 15.9. The zero-order valence-electron chi connectivity index (χ0n) is 15.9. The van der Waals surface area contributed by atoms with Crippen LogP contribution in [0, 0.1) is 12.8 Å². The first kappa shape index (κ1) is 16.9. The quantitative estimate of drug-likeness (QED) is 0.836. The Kier molecular flexibility index (Phi) is 4.01. The van der Waals surface area contributed by atoms with Crippen molar-refractivity contribution in [2.45, 2.75) is 37.8 Å². The van der Waals surface area contributed by atoms with Gasteiger partial charge in [-0.3, -0.25) is 9.69 Å². The number of rotatable bonds is 3. The predicted octanol–water partition coefficient (Wildman–Crippen LogP) is 3.30. The van der Waals surface area contributed by atoms with Gasteiger partial charge in [-0.25, -0.2) is 0 Å². The summed E-state index contributed by atoms with van der Waals surface area (Å²) < 4.78 is 10.7. The molecule has 0 radical (unpaired) electrons. The maximum Gasteiger partial charge on any atom is 0.257 e. The second-order valence-electron chi connectivity index (χ2n) is 8.08. The Morgan fingerprint density at radius 1 is 1.11 bits per heavy atom. The fourth-order valence-electron chi connectivity index (χ4n) is 5.56. The number of hydrogen-bond acceptors (Lipinski definition) is 4. The van der Waals surface area contributed by atoms with E-state index >= 15 is 0 Å². The highest BCUT2D eigenvalue weighted by molar-refractivity contribution is 5.95. The SMILES string of the molecule is COc1ccc([C@H]2CN(C(=O)c3ccoc3C)[C@H]3C4CCN(CC4)[C@@H]23)cc1. The van der Waals surface area contributed by atoms with E-state index in [9.17, 15) is 4.79 Å². The summed E-state index contributed by atoms with van der Waals surface area (Å²) in [6, 6.07) is 10.9. The molecule has 5 heterocycles. The van der Waals surface area contributed by atoms with E-state index in [0.29, 0.717) is 35.2 Å². The van der Waals surface area contributed by atoms with E-state index in [0.717, 1.165) is 25.4 Å². The van der Waals surface area contributed by atoms with Crippen LogP contribution in [0.25, 0.3) is 0 Å². The number of methoxy groups -OCH3 is 1. The molecule has 2 bridgehead atoms. The number of fused-ring (bicyclic) bond motifs is 2. The number of amides is 1. The van der Waals surface area contributed by atoms with Crippen LogP contribution in [-0.4, -0.2) is 54.5 Å². The first-order chi connectivity index (χ1) is 13.2. The van der Waals surface area contributed by atoms with Gasteiger partial charge in [0.25, 0.3) is 5.91 Å². The molecule has 4 aliphatic rings. The summed E-state index contributed by atoms with van der Waals surface area (Å²) in [6.07, 6.45) is 4.02. The smallest absolute Gasteiger partial charge is 0.257 e. The van der Waals surface area contributed by atoms with Crippen LogP contribution in [0.4, 0.5) is 0 Å². The first-order valence-corrected chi connectivity index (χ1v) is 9.90. The number of ether oxygens (including phenoxy) is 1. The fourth-order valence-corrected chi connectivity index (χ4v) is 5.56. The van der Waals surface area contributed by atoms with Crippen LogP contribution >= 0.6 is 0 Å². The average molecular weight is 366 g/mol. The van der Waals surface area contributed by atoms with Gasteiger partial charge in [0.05, 0.1) is 25.0 Å². The van der Waals surface area contributed by atoms with Gasteiger partial charge < -0.3 is 14.1 Å². The van der Waals surface area contributed by atoms with Gasteiger partial charge >= 0.3 is 0 Å². The molecule has 4 saturated heterocycles. The van der Waals surface area contributed by atoms with Crippen molar-refractivity contribution in [1.29, 1.82) is 0 Å². The van der Waals surface area contributed by atoms with Crippen molar-refractivity contribution in [2.24, 2.45) is 5.92 Å². The van der Waals surface area contributed by atoms with Gasteiger partial charge in [-0.15, -0.1) is 0 Å². The van der Waals surface area contributed by atoms with E-state index in [4.69, 9.17) is 9.15 Å². The highest BCUT2D eigenvalue weighted by Crippen LogP contribution is 2.47. The number of piperidine rings is 3. The lowest BCUT2D eigenvalue weighted by Gasteiger charge is -2.51. The molecule has 1 aromatic carbocycles. The molecule has 1 amide bonds. The van der Waals surface area contributed by atoms with E-state index in [-0.39, 0.29) is 5.91 Å². The van der Waals surface area contributed by atoms with Gasteiger partial charge in [-0.05, 0) is 62.5 Å². The van der Waals surface area contributed by atoms with Crippen molar-refractivity contribution in [2.75, 3.05) is 26.7 Å². The van der Waals surface area contributed by atoms with Crippen LogP contribution in [0.3, 0.4) is 0 Å². The van der Waals surface area contributed by atoms with Crippen LogP contribution < -0.4 is 4.74 Å². The molecule has 2 aromatic rings. The molecule has 142 valence electrons. The lowest BCUT2D eigenvalue weighted by atomic mass is 9.75. The lowest BCUT2D eigenvalue weighted by Crippen LogP contribution is -2.60. The van der Waals surface area contributed by atoms with Crippen LogP contribution in [0.15, 0.2) is 41.0 Å². The molecule has 5 nitrogen and oxygen atoms in total. The summed E-state index contributed by atoms with van der Waals surface area (Å²) in [5.41, 5.74) is 2.01. The molecule has 5 heteroatoms. The van der Waals surface area contributed by atoms with E-state index < -0.39 is 0 Å². The van der Waals surface area contributed by atoms with Crippen molar-refractivity contribution in [3.63, 3.8) is 0 Å². The molecular weight excluding hydrogens is 340 g/mol.